The van der Waals surface area contributed by atoms with Crippen LogP contribution in [0, 0.1) is 11.3 Å². The molecule has 14 heavy (non-hydrogen) atoms. The summed E-state index contributed by atoms with van der Waals surface area (Å²) < 4.78 is 22.7. The maximum absolute atomic E-state index is 11.3. The Labute approximate surface area is 95.9 Å². The summed E-state index contributed by atoms with van der Waals surface area (Å²) >= 11 is 11.8. The highest BCUT2D eigenvalue weighted by molar-refractivity contribution is 7.91. The zero-order valence-electron chi connectivity index (χ0n) is 8.30. The molecule has 0 radical (unpaired) electrons. The molecule has 0 saturated carbocycles. The Morgan fingerprint density at radius 1 is 1.36 bits per heavy atom. The maximum Gasteiger partial charge on any atom is 0.150 e. The van der Waals surface area contributed by atoms with Crippen LogP contribution in [0.1, 0.15) is 19.8 Å². The molecule has 0 aliphatic carbocycles. The van der Waals surface area contributed by atoms with Gasteiger partial charge in [0, 0.05) is 17.2 Å². The molecule has 1 heterocycles. The summed E-state index contributed by atoms with van der Waals surface area (Å²) in [6.45, 7) is 2.02. The number of alkyl halides is 2. The van der Waals surface area contributed by atoms with Crippen LogP contribution in [0.2, 0.25) is 0 Å². The van der Waals surface area contributed by atoms with E-state index in [2.05, 4.69) is 0 Å². The van der Waals surface area contributed by atoms with E-state index < -0.39 is 9.84 Å². The molecule has 1 saturated heterocycles. The van der Waals surface area contributed by atoms with Gasteiger partial charge in [0.25, 0.3) is 0 Å². The summed E-state index contributed by atoms with van der Waals surface area (Å²) in [7, 11) is -2.83. The van der Waals surface area contributed by atoms with Crippen molar-refractivity contribution in [2.45, 2.75) is 19.8 Å². The van der Waals surface area contributed by atoms with Gasteiger partial charge in [0.1, 0.15) is 0 Å². The number of rotatable bonds is 4. The molecular weight excluding hydrogens is 243 g/mol. The molecule has 0 aromatic rings. The molecule has 0 spiro atoms. The second-order valence-corrected chi connectivity index (χ2v) is 6.85. The summed E-state index contributed by atoms with van der Waals surface area (Å²) in [6, 6.07) is 0. The predicted octanol–water partition coefficient (Wildman–Crippen LogP) is 2.30. The zero-order chi connectivity index (χ0) is 10.8. The Morgan fingerprint density at radius 3 is 2.21 bits per heavy atom. The summed E-state index contributed by atoms with van der Waals surface area (Å²) in [5.41, 5.74) is -0.188. The lowest BCUT2D eigenvalue weighted by Crippen LogP contribution is -2.34. The van der Waals surface area contributed by atoms with E-state index in [1.54, 1.807) is 0 Å². The van der Waals surface area contributed by atoms with Crippen molar-refractivity contribution in [2.75, 3.05) is 23.3 Å². The fourth-order valence-electron chi connectivity index (χ4n) is 2.01. The summed E-state index contributed by atoms with van der Waals surface area (Å²) in [6.07, 6.45) is 1.57. The zero-order valence-corrected chi connectivity index (χ0v) is 10.6. The highest BCUT2D eigenvalue weighted by Gasteiger charge is 2.42. The molecule has 1 rings (SSSR count). The largest absolute Gasteiger partial charge is 0.229 e. The normalized spacial score (nSPS) is 26.6. The van der Waals surface area contributed by atoms with Crippen molar-refractivity contribution in [1.82, 2.24) is 0 Å². The van der Waals surface area contributed by atoms with Crippen LogP contribution in [-0.4, -0.2) is 31.7 Å². The Morgan fingerprint density at radius 2 is 1.93 bits per heavy atom. The van der Waals surface area contributed by atoms with Crippen molar-refractivity contribution in [3.05, 3.63) is 0 Å². The lowest BCUT2D eigenvalue weighted by atomic mass is 9.76. The molecule has 1 aliphatic rings. The van der Waals surface area contributed by atoms with E-state index in [1.165, 1.54) is 0 Å². The standard InChI is InChI=1S/C9H16Cl2O2S/c1-2-9(6-10,7-11)8-3-4-14(12,13)5-8/h8H,2-7H2,1H3. The average molecular weight is 259 g/mol. The van der Waals surface area contributed by atoms with Crippen molar-refractivity contribution in [3.63, 3.8) is 0 Å². The quantitative estimate of drug-likeness (QED) is 0.726. The van der Waals surface area contributed by atoms with Gasteiger partial charge < -0.3 is 0 Å². The first-order chi connectivity index (χ1) is 6.49. The monoisotopic (exact) mass is 258 g/mol. The van der Waals surface area contributed by atoms with Gasteiger partial charge in [0.15, 0.2) is 9.84 Å². The van der Waals surface area contributed by atoms with Gasteiger partial charge in [0.05, 0.1) is 11.5 Å². The van der Waals surface area contributed by atoms with Gasteiger partial charge in [-0.1, -0.05) is 6.92 Å². The lowest BCUT2D eigenvalue weighted by Gasteiger charge is -2.33. The van der Waals surface area contributed by atoms with Crippen LogP contribution in [0.15, 0.2) is 0 Å². The first kappa shape index (κ1) is 12.6. The molecule has 0 bridgehead atoms. The van der Waals surface area contributed by atoms with Crippen LogP contribution in [0.3, 0.4) is 0 Å². The van der Waals surface area contributed by atoms with Crippen molar-refractivity contribution in [3.8, 4) is 0 Å². The first-order valence-corrected chi connectivity index (χ1v) is 7.71. The molecule has 0 N–H and O–H groups in total. The number of halogens is 2. The number of sulfone groups is 1. The van der Waals surface area contributed by atoms with E-state index >= 15 is 0 Å². The molecular formula is C9H16Cl2O2S. The van der Waals surface area contributed by atoms with Crippen molar-refractivity contribution in [1.29, 1.82) is 0 Å². The minimum Gasteiger partial charge on any atom is -0.229 e. The molecule has 5 heteroatoms. The Bertz CT molecular complexity index is 275. The van der Waals surface area contributed by atoms with Gasteiger partial charge in [0.2, 0.25) is 0 Å². The van der Waals surface area contributed by atoms with Crippen LogP contribution in [-0.2, 0) is 9.84 Å². The van der Waals surface area contributed by atoms with E-state index in [-0.39, 0.29) is 17.1 Å². The molecule has 0 aromatic carbocycles. The molecule has 84 valence electrons. The van der Waals surface area contributed by atoms with E-state index in [1.807, 2.05) is 6.92 Å². The first-order valence-electron chi connectivity index (χ1n) is 4.82. The predicted molar refractivity (Wildman–Crippen MR) is 60.9 cm³/mol. The molecule has 1 aliphatic heterocycles. The van der Waals surface area contributed by atoms with Crippen LogP contribution in [0.25, 0.3) is 0 Å². The third kappa shape index (κ3) is 2.37. The number of hydrogen-bond donors (Lipinski definition) is 0. The second-order valence-electron chi connectivity index (χ2n) is 4.08. The molecule has 1 unspecified atom stereocenters. The van der Waals surface area contributed by atoms with E-state index in [0.717, 1.165) is 12.8 Å². The SMILES string of the molecule is CCC(CCl)(CCl)C1CCS(=O)(=O)C1. The van der Waals surface area contributed by atoms with Crippen LogP contribution in [0.5, 0.6) is 0 Å². The van der Waals surface area contributed by atoms with Crippen LogP contribution >= 0.6 is 23.2 Å². The third-order valence-electron chi connectivity index (χ3n) is 3.33. The van der Waals surface area contributed by atoms with Crippen molar-refractivity contribution >= 4 is 33.0 Å². The second kappa shape index (κ2) is 4.58. The summed E-state index contributed by atoms with van der Waals surface area (Å²) in [5, 5.41) is 0. The summed E-state index contributed by atoms with van der Waals surface area (Å²) in [4.78, 5) is 0. The Balaban J connectivity index is 2.82. The molecule has 1 fully saturated rings. The minimum atomic E-state index is -2.83. The smallest absolute Gasteiger partial charge is 0.150 e. The van der Waals surface area contributed by atoms with E-state index in [9.17, 15) is 8.42 Å². The maximum atomic E-state index is 11.3. The minimum absolute atomic E-state index is 0.146. The molecule has 0 amide bonds. The molecule has 1 atom stereocenters. The fraction of sp³-hybridized carbons (Fsp3) is 1.00. The highest BCUT2D eigenvalue weighted by atomic mass is 35.5. The topological polar surface area (TPSA) is 34.1 Å². The fourth-order valence-corrected chi connectivity index (χ4v) is 5.05. The van der Waals surface area contributed by atoms with Gasteiger partial charge in [-0.05, 0) is 18.8 Å². The average Bonchev–Trinajstić information content (AvgIpc) is 2.51. The summed E-state index contributed by atoms with van der Waals surface area (Å²) in [5.74, 6) is 1.61. The van der Waals surface area contributed by atoms with Gasteiger partial charge >= 0.3 is 0 Å². The molecule has 0 aromatic heterocycles. The van der Waals surface area contributed by atoms with E-state index in [0.29, 0.717) is 17.5 Å². The Kier molecular flexibility index (Phi) is 4.12. The van der Waals surface area contributed by atoms with E-state index in [4.69, 9.17) is 23.2 Å². The van der Waals surface area contributed by atoms with Gasteiger partial charge in [-0.3, -0.25) is 0 Å². The number of hydrogen-bond acceptors (Lipinski definition) is 2. The van der Waals surface area contributed by atoms with Crippen LogP contribution < -0.4 is 0 Å². The lowest BCUT2D eigenvalue weighted by molar-refractivity contribution is 0.237. The van der Waals surface area contributed by atoms with Crippen molar-refractivity contribution in [2.24, 2.45) is 11.3 Å². The van der Waals surface area contributed by atoms with Gasteiger partial charge in [-0.25, -0.2) is 8.42 Å². The van der Waals surface area contributed by atoms with Crippen molar-refractivity contribution < 1.29 is 8.42 Å². The van der Waals surface area contributed by atoms with Crippen LogP contribution in [0.4, 0.5) is 0 Å². The molecule has 2 nitrogen and oxygen atoms in total. The highest BCUT2D eigenvalue weighted by Crippen LogP contribution is 2.40. The van der Waals surface area contributed by atoms with Gasteiger partial charge in [-0.2, -0.15) is 0 Å². The third-order valence-corrected chi connectivity index (χ3v) is 6.17. The van der Waals surface area contributed by atoms with Gasteiger partial charge in [-0.15, -0.1) is 23.2 Å². The Hall–Kier alpha value is 0.530.